The molecule has 1 heterocycles. The van der Waals surface area contributed by atoms with Gasteiger partial charge in [-0.1, -0.05) is 0 Å². The average Bonchev–Trinajstić information content (AvgIpc) is 3.12. The molecular weight excluding hydrogens is 220 g/mol. The van der Waals surface area contributed by atoms with Gasteiger partial charge in [-0.3, -0.25) is 9.78 Å². The van der Waals surface area contributed by atoms with E-state index in [1.54, 1.807) is 0 Å². The number of nitrogens with one attached hydrogen (secondary N) is 1. The fourth-order valence-electron chi connectivity index (χ4n) is 1.87. The zero-order chi connectivity index (χ0) is 12.3. The highest BCUT2D eigenvalue weighted by molar-refractivity contribution is 5.94. The molecule has 0 radical (unpaired) electrons. The number of hydrogen-bond acceptors (Lipinski definition) is 4. The van der Waals surface area contributed by atoms with Crippen LogP contribution in [-0.2, 0) is 0 Å². The summed E-state index contributed by atoms with van der Waals surface area (Å²) in [7, 11) is 0. The number of aliphatic hydroxyl groups excluding tert-OH is 1. The van der Waals surface area contributed by atoms with Gasteiger partial charge in [0.15, 0.2) is 0 Å². The Kier molecular flexibility index (Phi) is 3.58. The Labute approximate surface area is 99.5 Å². The molecule has 3 N–H and O–H groups in total. The summed E-state index contributed by atoms with van der Waals surface area (Å²) >= 11 is 0. The Morgan fingerprint density at radius 2 is 2.29 bits per heavy atom. The van der Waals surface area contributed by atoms with Gasteiger partial charge in [-0.15, -0.1) is 0 Å². The number of aromatic hydroxyl groups is 1. The summed E-state index contributed by atoms with van der Waals surface area (Å²) in [6.07, 6.45) is 5.47. The van der Waals surface area contributed by atoms with Crippen molar-refractivity contribution in [2.45, 2.75) is 25.3 Å². The zero-order valence-electron chi connectivity index (χ0n) is 9.47. The minimum absolute atomic E-state index is 0.0230. The summed E-state index contributed by atoms with van der Waals surface area (Å²) in [6.45, 7) is 0.0692. The molecule has 0 bridgehead atoms. The summed E-state index contributed by atoms with van der Waals surface area (Å²) in [5.74, 6) is 0.206. The van der Waals surface area contributed by atoms with Crippen LogP contribution in [0.2, 0.25) is 0 Å². The first-order valence-corrected chi connectivity index (χ1v) is 5.76. The van der Waals surface area contributed by atoms with Crippen molar-refractivity contribution in [1.29, 1.82) is 0 Å². The van der Waals surface area contributed by atoms with Crippen molar-refractivity contribution in [1.82, 2.24) is 10.3 Å². The first kappa shape index (κ1) is 11.9. The van der Waals surface area contributed by atoms with Crippen LogP contribution in [0.15, 0.2) is 18.5 Å². The van der Waals surface area contributed by atoms with Gasteiger partial charge in [0.1, 0.15) is 5.75 Å². The van der Waals surface area contributed by atoms with E-state index in [0.717, 1.165) is 12.8 Å². The summed E-state index contributed by atoms with van der Waals surface area (Å²) in [5.41, 5.74) is 0.341. The molecule has 0 aliphatic heterocycles. The predicted octanol–water partition coefficient (Wildman–Crippen LogP) is 0.678. The van der Waals surface area contributed by atoms with Crippen molar-refractivity contribution in [3.8, 4) is 5.75 Å². The standard InChI is InChI=1S/C12H16N2O3/c15-4-3-11(8-1-2-8)14-12(17)9-5-10(16)7-13-6-9/h5-8,11,15-16H,1-4H2,(H,14,17). The van der Waals surface area contributed by atoms with Crippen molar-refractivity contribution in [2.24, 2.45) is 5.92 Å². The summed E-state index contributed by atoms with van der Waals surface area (Å²) in [4.78, 5) is 15.6. The second-order valence-corrected chi connectivity index (χ2v) is 4.36. The predicted molar refractivity (Wildman–Crippen MR) is 61.6 cm³/mol. The van der Waals surface area contributed by atoms with E-state index in [9.17, 15) is 9.90 Å². The van der Waals surface area contributed by atoms with Gasteiger partial charge in [-0.2, -0.15) is 0 Å². The summed E-state index contributed by atoms with van der Waals surface area (Å²) in [5, 5.41) is 21.0. The van der Waals surface area contributed by atoms with E-state index < -0.39 is 0 Å². The van der Waals surface area contributed by atoms with Crippen LogP contribution in [-0.4, -0.2) is 33.8 Å². The van der Waals surface area contributed by atoms with Gasteiger partial charge in [0.05, 0.1) is 11.8 Å². The van der Waals surface area contributed by atoms with Crippen LogP contribution in [0.25, 0.3) is 0 Å². The van der Waals surface area contributed by atoms with Gasteiger partial charge >= 0.3 is 0 Å². The van der Waals surface area contributed by atoms with Crippen LogP contribution in [0.5, 0.6) is 5.75 Å². The van der Waals surface area contributed by atoms with Gasteiger partial charge < -0.3 is 15.5 Å². The molecule has 5 heteroatoms. The molecule has 0 spiro atoms. The fourth-order valence-corrected chi connectivity index (χ4v) is 1.87. The maximum Gasteiger partial charge on any atom is 0.253 e. The SMILES string of the molecule is O=C(NC(CCO)C1CC1)c1cncc(O)c1. The third kappa shape index (κ3) is 3.17. The molecule has 17 heavy (non-hydrogen) atoms. The zero-order valence-corrected chi connectivity index (χ0v) is 9.47. The summed E-state index contributed by atoms with van der Waals surface area (Å²) in [6, 6.07) is 1.40. The lowest BCUT2D eigenvalue weighted by Gasteiger charge is -2.16. The number of nitrogens with zero attached hydrogens (tertiary/aromatic N) is 1. The lowest BCUT2D eigenvalue weighted by molar-refractivity contribution is 0.0923. The van der Waals surface area contributed by atoms with Crippen LogP contribution in [0.1, 0.15) is 29.6 Å². The Morgan fingerprint density at radius 3 is 2.88 bits per heavy atom. The average molecular weight is 236 g/mol. The van der Waals surface area contributed by atoms with Crippen LogP contribution in [0, 0.1) is 5.92 Å². The van der Waals surface area contributed by atoms with Gasteiger partial charge in [0.25, 0.3) is 5.91 Å². The highest BCUT2D eigenvalue weighted by Crippen LogP contribution is 2.34. The van der Waals surface area contributed by atoms with Crippen molar-refractivity contribution in [3.05, 3.63) is 24.0 Å². The Hall–Kier alpha value is -1.62. The molecule has 5 nitrogen and oxygen atoms in total. The highest BCUT2D eigenvalue weighted by atomic mass is 16.3. The molecule has 1 aromatic heterocycles. The number of amides is 1. The van der Waals surface area contributed by atoms with Crippen LogP contribution in [0.4, 0.5) is 0 Å². The van der Waals surface area contributed by atoms with Crippen molar-refractivity contribution < 1.29 is 15.0 Å². The van der Waals surface area contributed by atoms with E-state index in [1.807, 2.05) is 0 Å². The first-order chi connectivity index (χ1) is 8.20. The molecular formula is C12H16N2O3. The van der Waals surface area contributed by atoms with Crippen molar-refractivity contribution >= 4 is 5.91 Å². The number of aromatic nitrogens is 1. The third-order valence-corrected chi connectivity index (χ3v) is 2.93. The molecule has 1 atom stereocenters. The molecule has 1 saturated carbocycles. The van der Waals surface area contributed by atoms with Crippen molar-refractivity contribution in [3.63, 3.8) is 0 Å². The molecule has 2 rings (SSSR count). The first-order valence-electron chi connectivity index (χ1n) is 5.76. The van der Waals surface area contributed by atoms with Crippen molar-refractivity contribution in [2.75, 3.05) is 6.61 Å². The minimum atomic E-state index is -0.251. The molecule has 0 aromatic carbocycles. The Bertz CT molecular complexity index is 404. The largest absolute Gasteiger partial charge is 0.506 e. The van der Waals surface area contributed by atoms with Crippen LogP contribution < -0.4 is 5.32 Å². The molecule has 0 saturated heterocycles. The molecule has 1 unspecified atom stereocenters. The maximum absolute atomic E-state index is 11.9. The monoisotopic (exact) mass is 236 g/mol. The topological polar surface area (TPSA) is 82.5 Å². The quantitative estimate of drug-likeness (QED) is 0.702. The van der Waals surface area contributed by atoms with Gasteiger partial charge in [0.2, 0.25) is 0 Å². The molecule has 1 aliphatic rings. The number of carbonyl (C=O) groups is 1. The number of aliphatic hydroxyl groups is 1. The number of hydrogen-bond donors (Lipinski definition) is 3. The lowest BCUT2D eigenvalue weighted by Crippen LogP contribution is -2.37. The molecule has 1 aromatic rings. The normalized spacial score (nSPS) is 16.5. The van der Waals surface area contributed by atoms with Gasteiger partial charge in [-0.25, -0.2) is 0 Å². The Balaban J connectivity index is 1.99. The molecule has 1 fully saturated rings. The lowest BCUT2D eigenvalue weighted by atomic mass is 10.1. The fraction of sp³-hybridized carbons (Fsp3) is 0.500. The van der Waals surface area contributed by atoms with Gasteiger partial charge in [-0.05, 0) is 31.2 Å². The molecule has 1 amide bonds. The van der Waals surface area contributed by atoms with Crippen LogP contribution in [0.3, 0.4) is 0 Å². The third-order valence-electron chi connectivity index (χ3n) is 2.93. The second-order valence-electron chi connectivity index (χ2n) is 4.36. The van der Waals surface area contributed by atoms with E-state index in [4.69, 9.17) is 5.11 Å². The number of rotatable bonds is 5. The maximum atomic E-state index is 11.9. The summed E-state index contributed by atoms with van der Waals surface area (Å²) < 4.78 is 0. The van der Waals surface area contributed by atoms with Crippen LogP contribution >= 0.6 is 0 Å². The van der Waals surface area contributed by atoms with E-state index in [-0.39, 0.29) is 24.3 Å². The van der Waals surface area contributed by atoms with E-state index >= 15 is 0 Å². The second kappa shape index (κ2) is 5.14. The number of carbonyl (C=O) groups excluding carboxylic acids is 1. The Morgan fingerprint density at radius 1 is 1.53 bits per heavy atom. The molecule has 92 valence electrons. The number of pyridine rings is 1. The highest BCUT2D eigenvalue weighted by Gasteiger charge is 2.31. The minimum Gasteiger partial charge on any atom is -0.506 e. The van der Waals surface area contributed by atoms with E-state index in [1.165, 1.54) is 18.5 Å². The van der Waals surface area contributed by atoms with Gasteiger partial charge in [0, 0.05) is 18.8 Å². The van der Waals surface area contributed by atoms with E-state index in [2.05, 4.69) is 10.3 Å². The molecule has 1 aliphatic carbocycles. The smallest absolute Gasteiger partial charge is 0.253 e. The van der Waals surface area contributed by atoms with E-state index in [0.29, 0.717) is 17.9 Å².